The van der Waals surface area contributed by atoms with E-state index in [9.17, 15) is 5.11 Å². The second-order valence-electron chi connectivity index (χ2n) is 4.69. The molecule has 102 valence electrons. The van der Waals surface area contributed by atoms with Gasteiger partial charge in [0, 0.05) is 24.3 Å². The fourth-order valence-corrected chi connectivity index (χ4v) is 1.97. The lowest BCUT2D eigenvalue weighted by molar-refractivity contribution is 0.238. The summed E-state index contributed by atoms with van der Waals surface area (Å²) in [5.74, 6) is 0. The summed E-state index contributed by atoms with van der Waals surface area (Å²) in [6, 6.07) is 10.2. The average molecular weight is 259 g/mol. The van der Waals surface area contributed by atoms with Crippen molar-refractivity contribution in [3.63, 3.8) is 0 Å². The molecule has 4 nitrogen and oxygen atoms in total. The van der Waals surface area contributed by atoms with E-state index in [1.165, 1.54) is 0 Å². The second kappa shape index (κ2) is 6.50. The first kappa shape index (κ1) is 13.8. The van der Waals surface area contributed by atoms with Crippen LogP contribution in [0, 0.1) is 6.92 Å². The molecule has 1 aromatic heterocycles. The number of para-hydroxylation sites is 1. The predicted molar refractivity (Wildman–Crippen MR) is 76.3 cm³/mol. The lowest BCUT2D eigenvalue weighted by atomic mass is 10.2. The molecule has 0 saturated carbocycles. The lowest BCUT2D eigenvalue weighted by Crippen LogP contribution is -2.31. The van der Waals surface area contributed by atoms with Crippen LogP contribution in [0.15, 0.2) is 36.5 Å². The Morgan fingerprint density at radius 3 is 2.68 bits per heavy atom. The number of rotatable bonds is 6. The van der Waals surface area contributed by atoms with E-state index >= 15 is 0 Å². The van der Waals surface area contributed by atoms with Crippen LogP contribution < -0.4 is 5.32 Å². The zero-order valence-corrected chi connectivity index (χ0v) is 11.5. The minimum atomic E-state index is 0.152. The van der Waals surface area contributed by atoms with Crippen molar-refractivity contribution < 1.29 is 5.11 Å². The van der Waals surface area contributed by atoms with Crippen molar-refractivity contribution in [2.24, 2.45) is 0 Å². The molecule has 1 aromatic carbocycles. The molecule has 1 heterocycles. The van der Waals surface area contributed by atoms with Crippen molar-refractivity contribution in [3.8, 4) is 5.69 Å². The van der Waals surface area contributed by atoms with E-state index in [2.05, 4.69) is 17.3 Å². The van der Waals surface area contributed by atoms with Crippen LogP contribution in [-0.4, -0.2) is 27.5 Å². The third kappa shape index (κ3) is 3.43. The molecule has 0 fully saturated rings. The molecule has 19 heavy (non-hydrogen) atoms. The molecule has 0 aliphatic heterocycles. The molecular formula is C15H21N3O. The summed E-state index contributed by atoms with van der Waals surface area (Å²) in [6.07, 6.45) is 2.96. The third-order valence-corrected chi connectivity index (χ3v) is 3.32. The first-order valence-corrected chi connectivity index (χ1v) is 6.69. The molecular weight excluding hydrogens is 238 g/mol. The van der Waals surface area contributed by atoms with E-state index in [4.69, 9.17) is 0 Å². The average Bonchev–Trinajstić information content (AvgIpc) is 2.82. The summed E-state index contributed by atoms with van der Waals surface area (Å²) in [7, 11) is 0. The number of benzene rings is 1. The zero-order chi connectivity index (χ0) is 13.7. The van der Waals surface area contributed by atoms with Gasteiger partial charge in [0.1, 0.15) is 0 Å². The van der Waals surface area contributed by atoms with Gasteiger partial charge in [-0.25, -0.2) is 4.68 Å². The highest BCUT2D eigenvalue weighted by molar-refractivity contribution is 5.32. The van der Waals surface area contributed by atoms with Crippen molar-refractivity contribution in [1.82, 2.24) is 15.1 Å². The number of aryl methyl sites for hydroxylation is 1. The van der Waals surface area contributed by atoms with Crippen LogP contribution >= 0.6 is 0 Å². The fraction of sp³-hybridized carbons (Fsp3) is 0.400. The van der Waals surface area contributed by atoms with Crippen LogP contribution in [0.25, 0.3) is 5.69 Å². The van der Waals surface area contributed by atoms with Crippen LogP contribution in [-0.2, 0) is 6.54 Å². The standard InChI is InChI=1S/C15H21N3O/c1-3-14(11-19)16-9-13-10-18(17-12(13)2)15-7-5-4-6-8-15/h4-8,10,14,16,19H,3,9,11H2,1-2H3. The Hall–Kier alpha value is -1.65. The normalized spacial score (nSPS) is 12.6. The van der Waals surface area contributed by atoms with Gasteiger partial charge in [-0.2, -0.15) is 5.10 Å². The molecule has 0 spiro atoms. The summed E-state index contributed by atoms with van der Waals surface area (Å²) >= 11 is 0. The van der Waals surface area contributed by atoms with Gasteiger partial charge in [-0.1, -0.05) is 25.1 Å². The van der Waals surface area contributed by atoms with Crippen molar-refractivity contribution in [3.05, 3.63) is 47.8 Å². The highest BCUT2D eigenvalue weighted by Crippen LogP contribution is 2.11. The number of hydrogen-bond acceptors (Lipinski definition) is 3. The Bertz CT molecular complexity index is 503. The van der Waals surface area contributed by atoms with E-state index in [-0.39, 0.29) is 12.6 Å². The van der Waals surface area contributed by atoms with Crippen molar-refractivity contribution in [2.75, 3.05) is 6.61 Å². The van der Waals surface area contributed by atoms with Crippen LogP contribution in [0.4, 0.5) is 0 Å². The van der Waals surface area contributed by atoms with Crippen LogP contribution in [0.1, 0.15) is 24.6 Å². The van der Waals surface area contributed by atoms with Gasteiger partial charge in [-0.05, 0) is 25.5 Å². The summed E-state index contributed by atoms with van der Waals surface area (Å²) in [5.41, 5.74) is 3.24. The molecule has 4 heteroatoms. The molecule has 0 radical (unpaired) electrons. The summed E-state index contributed by atoms with van der Waals surface area (Å²) < 4.78 is 1.90. The molecule has 2 aromatic rings. The number of hydrogen-bond donors (Lipinski definition) is 2. The van der Waals surface area contributed by atoms with Crippen LogP contribution in [0.5, 0.6) is 0 Å². The lowest BCUT2D eigenvalue weighted by Gasteiger charge is -2.13. The number of aliphatic hydroxyl groups is 1. The largest absolute Gasteiger partial charge is 0.395 e. The van der Waals surface area contributed by atoms with Gasteiger partial charge < -0.3 is 10.4 Å². The van der Waals surface area contributed by atoms with Crippen molar-refractivity contribution in [2.45, 2.75) is 32.9 Å². The van der Waals surface area contributed by atoms with Crippen LogP contribution in [0.2, 0.25) is 0 Å². The van der Waals surface area contributed by atoms with E-state index in [1.807, 2.05) is 48.1 Å². The monoisotopic (exact) mass is 259 g/mol. The van der Waals surface area contributed by atoms with E-state index in [0.29, 0.717) is 0 Å². The Morgan fingerprint density at radius 2 is 2.05 bits per heavy atom. The molecule has 2 N–H and O–H groups in total. The predicted octanol–water partition coefficient (Wildman–Crippen LogP) is 2.04. The highest BCUT2D eigenvalue weighted by Gasteiger charge is 2.08. The summed E-state index contributed by atoms with van der Waals surface area (Å²) in [6.45, 7) is 4.98. The van der Waals surface area contributed by atoms with Crippen molar-refractivity contribution >= 4 is 0 Å². The van der Waals surface area contributed by atoms with Crippen LogP contribution in [0.3, 0.4) is 0 Å². The van der Waals surface area contributed by atoms with E-state index < -0.39 is 0 Å². The Balaban J connectivity index is 2.09. The Morgan fingerprint density at radius 1 is 1.32 bits per heavy atom. The SMILES string of the molecule is CCC(CO)NCc1cn(-c2ccccc2)nc1C. The quantitative estimate of drug-likeness (QED) is 0.834. The van der Waals surface area contributed by atoms with Gasteiger partial charge in [-0.3, -0.25) is 0 Å². The number of aromatic nitrogens is 2. The number of nitrogens with one attached hydrogen (secondary N) is 1. The highest BCUT2D eigenvalue weighted by atomic mass is 16.3. The van der Waals surface area contributed by atoms with Gasteiger partial charge in [0.25, 0.3) is 0 Å². The Kier molecular flexibility index (Phi) is 4.71. The maximum absolute atomic E-state index is 9.17. The maximum atomic E-state index is 9.17. The molecule has 2 rings (SSSR count). The Labute approximate surface area is 114 Å². The molecule has 0 aliphatic rings. The third-order valence-electron chi connectivity index (χ3n) is 3.32. The van der Waals surface area contributed by atoms with Crippen molar-refractivity contribution in [1.29, 1.82) is 0 Å². The summed E-state index contributed by atoms with van der Waals surface area (Å²) in [4.78, 5) is 0. The molecule has 1 unspecified atom stereocenters. The second-order valence-corrected chi connectivity index (χ2v) is 4.69. The van der Waals surface area contributed by atoms with Gasteiger partial charge in [0.15, 0.2) is 0 Å². The minimum Gasteiger partial charge on any atom is -0.395 e. The van der Waals surface area contributed by atoms with Gasteiger partial charge >= 0.3 is 0 Å². The molecule has 0 amide bonds. The smallest absolute Gasteiger partial charge is 0.0645 e. The molecule has 0 bridgehead atoms. The minimum absolute atomic E-state index is 0.152. The molecule has 0 aliphatic carbocycles. The van der Waals surface area contributed by atoms with E-state index in [0.717, 1.165) is 29.9 Å². The van der Waals surface area contributed by atoms with Gasteiger partial charge in [0.2, 0.25) is 0 Å². The molecule has 0 saturated heterocycles. The summed E-state index contributed by atoms with van der Waals surface area (Å²) in [5, 5.41) is 17.0. The first-order valence-electron chi connectivity index (χ1n) is 6.69. The molecule has 1 atom stereocenters. The van der Waals surface area contributed by atoms with E-state index in [1.54, 1.807) is 0 Å². The number of aliphatic hydroxyl groups excluding tert-OH is 1. The van der Waals surface area contributed by atoms with Gasteiger partial charge in [-0.15, -0.1) is 0 Å². The maximum Gasteiger partial charge on any atom is 0.0645 e. The topological polar surface area (TPSA) is 50.1 Å². The number of nitrogens with zero attached hydrogens (tertiary/aromatic N) is 2. The fourth-order valence-electron chi connectivity index (χ4n) is 1.97. The van der Waals surface area contributed by atoms with Gasteiger partial charge in [0.05, 0.1) is 18.0 Å². The first-order chi connectivity index (χ1) is 9.24. The zero-order valence-electron chi connectivity index (χ0n) is 11.5.